The molecule has 0 atom stereocenters. The van der Waals surface area contributed by atoms with E-state index in [1.54, 1.807) is 6.20 Å². The normalized spacial score (nSPS) is 11.0. The van der Waals surface area contributed by atoms with Gasteiger partial charge in [0.05, 0.1) is 5.39 Å². The fourth-order valence-corrected chi connectivity index (χ4v) is 2.40. The Morgan fingerprint density at radius 1 is 1.11 bits per heavy atom. The van der Waals surface area contributed by atoms with Gasteiger partial charge in [0.1, 0.15) is 0 Å². The van der Waals surface area contributed by atoms with Crippen LogP contribution in [-0.2, 0) is 12.8 Å². The molecule has 0 amide bonds. The number of aromatic amines is 1. The quantitative estimate of drug-likeness (QED) is 0.779. The zero-order valence-corrected chi connectivity index (χ0v) is 11.7. The van der Waals surface area contributed by atoms with E-state index in [2.05, 4.69) is 43.2 Å². The first-order valence-electron chi connectivity index (χ1n) is 5.99. The molecular weight excluding hydrogens is 306 g/mol. The van der Waals surface area contributed by atoms with Gasteiger partial charge in [-0.2, -0.15) is 0 Å². The average molecular weight is 318 g/mol. The molecule has 96 valence electrons. The number of hydrogen-bond acceptors (Lipinski definition) is 3. The molecule has 2 N–H and O–H groups in total. The largest absolute Gasteiger partial charge is 0.492 e. The summed E-state index contributed by atoms with van der Waals surface area (Å²) in [5, 5.41) is 17.0. The number of H-pyrrole nitrogens is 1. The van der Waals surface area contributed by atoms with E-state index in [9.17, 15) is 5.11 Å². The Bertz CT molecular complexity index is 706. The summed E-state index contributed by atoms with van der Waals surface area (Å²) in [4.78, 5) is 4.15. The molecule has 5 heteroatoms. The van der Waals surface area contributed by atoms with Gasteiger partial charge in [0.25, 0.3) is 0 Å². The Balaban J connectivity index is 1.85. The lowest BCUT2D eigenvalue weighted by Crippen LogP contribution is -1.93. The highest BCUT2D eigenvalue weighted by molar-refractivity contribution is 9.10. The first-order chi connectivity index (χ1) is 9.24. The average Bonchev–Trinajstić information content (AvgIpc) is 2.81. The van der Waals surface area contributed by atoms with Crippen molar-refractivity contribution < 1.29 is 5.11 Å². The summed E-state index contributed by atoms with van der Waals surface area (Å²) in [6, 6.07) is 10.2. The van der Waals surface area contributed by atoms with Crippen molar-refractivity contribution in [2.45, 2.75) is 12.8 Å². The van der Waals surface area contributed by atoms with E-state index in [1.165, 1.54) is 5.56 Å². The monoisotopic (exact) mass is 317 g/mol. The lowest BCUT2D eigenvalue weighted by atomic mass is 10.0. The second-order valence-corrected chi connectivity index (χ2v) is 5.28. The van der Waals surface area contributed by atoms with E-state index in [0.29, 0.717) is 5.65 Å². The van der Waals surface area contributed by atoms with E-state index >= 15 is 0 Å². The first kappa shape index (κ1) is 12.2. The molecule has 0 saturated heterocycles. The maximum atomic E-state index is 9.74. The van der Waals surface area contributed by atoms with Crippen LogP contribution < -0.4 is 0 Å². The highest BCUT2D eigenvalue weighted by atomic mass is 79.9. The van der Waals surface area contributed by atoms with Crippen molar-refractivity contribution in [3.63, 3.8) is 0 Å². The number of nitrogens with zero attached hydrogens (tertiary/aromatic N) is 2. The molecule has 0 saturated carbocycles. The van der Waals surface area contributed by atoms with Gasteiger partial charge in [0.2, 0.25) is 5.88 Å². The molecule has 0 spiro atoms. The SMILES string of the molecule is Oc1n[nH]c2nccc(CCc3ccc(Br)cc3)c12. The minimum absolute atomic E-state index is 0.0221. The Hall–Kier alpha value is -1.88. The van der Waals surface area contributed by atoms with Gasteiger partial charge >= 0.3 is 0 Å². The lowest BCUT2D eigenvalue weighted by Gasteiger charge is -2.04. The van der Waals surface area contributed by atoms with E-state index in [0.717, 1.165) is 28.3 Å². The lowest BCUT2D eigenvalue weighted by molar-refractivity contribution is 0.457. The van der Waals surface area contributed by atoms with Crippen LogP contribution in [0.25, 0.3) is 11.0 Å². The maximum absolute atomic E-state index is 9.74. The molecular formula is C14H12BrN3O. The molecule has 2 heterocycles. The molecule has 0 aliphatic heterocycles. The summed E-state index contributed by atoms with van der Waals surface area (Å²) in [7, 11) is 0. The Labute approximate surface area is 118 Å². The predicted octanol–water partition coefficient (Wildman–Crippen LogP) is 3.21. The summed E-state index contributed by atoms with van der Waals surface area (Å²) in [5.74, 6) is 0.0221. The molecule has 0 fully saturated rings. The van der Waals surface area contributed by atoms with Crippen LogP contribution in [-0.4, -0.2) is 20.3 Å². The van der Waals surface area contributed by atoms with Crippen LogP contribution in [0.5, 0.6) is 5.88 Å². The van der Waals surface area contributed by atoms with Crippen molar-refractivity contribution in [1.82, 2.24) is 15.2 Å². The van der Waals surface area contributed by atoms with Crippen LogP contribution in [0.3, 0.4) is 0 Å². The topological polar surface area (TPSA) is 61.8 Å². The third-order valence-electron chi connectivity index (χ3n) is 3.12. The molecule has 3 rings (SSSR count). The number of pyridine rings is 1. The number of rotatable bonds is 3. The van der Waals surface area contributed by atoms with E-state index in [1.807, 2.05) is 18.2 Å². The van der Waals surface area contributed by atoms with Crippen LogP contribution in [0.2, 0.25) is 0 Å². The second kappa shape index (κ2) is 5.01. The summed E-state index contributed by atoms with van der Waals surface area (Å²) >= 11 is 3.42. The summed E-state index contributed by atoms with van der Waals surface area (Å²) < 4.78 is 1.08. The highest BCUT2D eigenvalue weighted by Gasteiger charge is 2.10. The van der Waals surface area contributed by atoms with E-state index in [4.69, 9.17) is 0 Å². The fourth-order valence-electron chi connectivity index (χ4n) is 2.14. The molecule has 19 heavy (non-hydrogen) atoms. The second-order valence-electron chi connectivity index (χ2n) is 4.37. The Kier molecular flexibility index (Phi) is 3.21. The maximum Gasteiger partial charge on any atom is 0.240 e. The standard InChI is InChI=1S/C14H12BrN3O/c15-11-5-2-9(3-6-11)1-4-10-7-8-16-13-12(10)14(19)18-17-13/h2-3,5-8H,1,4H2,(H2,16,17,18,19). The van der Waals surface area contributed by atoms with Gasteiger partial charge in [0, 0.05) is 10.7 Å². The van der Waals surface area contributed by atoms with Gasteiger partial charge in [-0.15, -0.1) is 5.10 Å². The zero-order valence-electron chi connectivity index (χ0n) is 10.1. The minimum Gasteiger partial charge on any atom is -0.492 e. The fraction of sp³-hybridized carbons (Fsp3) is 0.143. The van der Waals surface area contributed by atoms with Crippen molar-refractivity contribution in [3.05, 3.63) is 52.1 Å². The van der Waals surface area contributed by atoms with Crippen LogP contribution >= 0.6 is 15.9 Å². The smallest absolute Gasteiger partial charge is 0.240 e. The number of aryl methyl sites for hydroxylation is 2. The van der Waals surface area contributed by atoms with E-state index in [-0.39, 0.29) is 5.88 Å². The molecule has 0 aliphatic carbocycles. The van der Waals surface area contributed by atoms with Crippen molar-refractivity contribution in [1.29, 1.82) is 0 Å². The van der Waals surface area contributed by atoms with Crippen molar-refractivity contribution in [2.24, 2.45) is 0 Å². The number of halogens is 1. The third kappa shape index (κ3) is 2.46. The molecule has 4 nitrogen and oxygen atoms in total. The van der Waals surface area contributed by atoms with Crippen LogP contribution in [0, 0.1) is 0 Å². The summed E-state index contributed by atoms with van der Waals surface area (Å²) in [5.41, 5.74) is 2.95. The molecule has 0 radical (unpaired) electrons. The Morgan fingerprint density at radius 2 is 1.89 bits per heavy atom. The minimum atomic E-state index is 0.0221. The number of hydrogen-bond donors (Lipinski definition) is 2. The van der Waals surface area contributed by atoms with Gasteiger partial charge in [0.15, 0.2) is 5.65 Å². The van der Waals surface area contributed by atoms with Gasteiger partial charge in [-0.1, -0.05) is 28.1 Å². The molecule has 1 aromatic carbocycles. The number of nitrogens with one attached hydrogen (secondary N) is 1. The first-order valence-corrected chi connectivity index (χ1v) is 6.79. The molecule has 0 aliphatic rings. The van der Waals surface area contributed by atoms with Crippen LogP contribution in [0.4, 0.5) is 0 Å². The summed E-state index contributed by atoms with van der Waals surface area (Å²) in [6.45, 7) is 0. The molecule has 0 bridgehead atoms. The molecule has 2 aromatic heterocycles. The third-order valence-corrected chi connectivity index (χ3v) is 3.65. The van der Waals surface area contributed by atoms with Gasteiger partial charge in [-0.25, -0.2) is 4.98 Å². The van der Waals surface area contributed by atoms with Gasteiger partial charge in [-0.05, 0) is 42.2 Å². The summed E-state index contributed by atoms with van der Waals surface area (Å²) in [6.07, 6.45) is 3.49. The van der Waals surface area contributed by atoms with Crippen molar-refractivity contribution >= 4 is 27.0 Å². The van der Waals surface area contributed by atoms with Crippen molar-refractivity contribution in [3.8, 4) is 5.88 Å². The number of aromatic hydroxyl groups is 1. The number of benzene rings is 1. The van der Waals surface area contributed by atoms with Gasteiger partial charge in [-0.3, -0.25) is 5.10 Å². The Morgan fingerprint density at radius 3 is 2.68 bits per heavy atom. The van der Waals surface area contributed by atoms with Gasteiger partial charge < -0.3 is 5.11 Å². The highest BCUT2D eigenvalue weighted by Crippen LogP contribution is 2.24. The van der Waals surface area contributed by atoms with Crippen LogP contribution in [0.15, 0.2) is 41.0 Å². The zero-order chi connectivity index (χ0) is 13.2. The number of aromatic nitrogens is 3. The predicted molar refractivity (Wildman–Crippen MR) is 77.1 cm³/mol. The molecule has 3 aromatic rings. The molecule has 0 unspecified atom stereocenters. The van der Waals surface area contributed by atoms with Crippen molar-refractivity contribution in [2.75, 3.05) is 0 Å². The van der Waals surface area contributed by atoms with Crippen LogP contribution in [0.1, 0.15) is 11.1 Å². The number of fused-ring (bicyclic) bond motifs is 1. The van der Waals surface area contributed by atoms with E-state index < -0.39 is 0 Å².